The first-order valence-corrected chi connectivity index (χ1v) is 6.76. The molecule has 0 saturated heterocycles. The molecule has 0 aliphatic rings. The van der Waals surface area contributed by atoms with Crippen LogP contribution in [-0.2, 0) is 5.54 Å². The Balaban J connectivity index is 2.57. The second-order valence-corrected chi connectivity index (χ2v) is 5.82. The van der Waals surface area contributed by atoms with E-state index in [1.165, 1.54) is 33.4 Å². The van der Waals surface area contributed by atoms with Gasteiger partial charge in [-0.15, -0.1) is 0 Å². The van der Waals surface area contributed by atoms with Crippen LogP contribution in [0.3, 0.4) is 0 Å². The number of hydrogen-bond donors (Lipinski definition) is 1. The molecule has 0 bridgehead atoms. The molecule has 2 aromatic rings. The van der Waals surface area contributed by atoms with Gasteiger partial charge < -0.3 is 5.73 Å². The van der Waals surface area contributed by atoms with Crippen molar-refractivity contribution in [3.63, 3.8) is 0 Å². The maximum absolute atomic E-state index is 6.65. The first kappa shape index (κ1) is 13.8. The first-order valence-electron chi connectivity index (χ1n) is 6.76. The Hall–Kier alpha value is -1.60. The summed E-state index contributed by atoms with van der Waals surface area (Å²) in [5.41, 5.74) is 13.7. The quantitative estimate of drug-likeness (QED) is 0.855. The van der Waals surface area contributed by atoms with Crippen LogP contribution in [0.2, 0.25) is 0 Å². The second kappa shape index (κ2) is 4.82. The number of hydrogen-bond acceptors (Lipinski definition) is 1. The van der Waals surface area contributed by atoms with Crippen LogP contribution < -0.4 is 5.73 Å². The smallest absolute Gasteiger partial charge is 0.0639 e. The van der Waals surface area contributed by atoms with Crippen LogP contribution in [0.25, 0.3) is 0 Å². The first-order chi connectivity index (χ1) is 8.82. The number of rotatable bonds is 2. The molecular weight excluding hydrogens is 230 g/mol. The molecule has 1 atom stereocenters. The fraction of sp³-hybridized carbons (Fsp3) is 0.333. The maximum Gasteiger partial charge on any atom is 0.0639 e. The molecule has 0 aromatic heterocycles. The third-order valence-electron chi connectivity index (χ3n) is 4.06. The van der Waals surface area contributed by atoms with Gasteiger partial charge in [-0.3, -0.25) is 0 Å². The minimum absolute atomic E-state index is 0.450. The van der Waals surface area contributed by atoms with Crippen molar-refractivity contribution >= 4 is 0 Å². The van der Waals surface area contributed by atoms with Crippen molar-refractivity contribution in [2.45, 2.75) is 40.2 Å². The lowest BCUT2D eigenvalue weighted by molar-refractivity contribution is 0.597. The van der Waals surface area contributed by atoms with Crippen LogP contribution in [0.15, 0.2) is 36.4 Å². The normalized spacial score (nSPS) is 14.2. The van der Waals surface area contributed by atoms with Gasteiger partial charge in [0.05, 0.1) is 5.54 Å². The second-order valence-electron chi connectivity index (χ2n) is 5.82. The van der Waals surface area contributed by atoms with Gasteiger partial charge in [-0.25, -0.2) is 0 Å². The fourth-order valence-electron chi connectivity index (χ4n) is 2.52. The Morgan fingerprint density at radius 2 is 1.42 bits per heavy atom. The van der Waals surface area contributed by atoms with Gasteiger partial charge in [0.2, 0.25) is 0 Å². The van der Waals surface area contributed by atoms with Crippen molar-refractivity contribution in [1.82, 2.24) is 0 Å². The zero-order chi connectivity index (χ0) is 14.2. The average Bonchev–Trinajstić information content (AvgIpc) is 2.35. The molecule has 0 amide bonds. The molecule has 1 heteroatoms. The van der Waals surface area contributed by atoms with Gasteiger partial charge >= 0.3 is 0 Å². The molecule has 0 saturated carbocycles. The molecule has 1 unspecified atom stereocenters. The molecule has 0 aliphatic heterocycles. The molecule has 0 spiro atoms. The standard InChI is InChI=1S/C18H23N/c1-12-6-7-14(3)17(10-12)18(5,19)16-9-8-13(2)15(4)11-16/h6-11H,19H2,1-5H3. The van der Waals surface area contributed by atoms with E-state index in [4.69, 9.17) is 5.73 Å². The van der Waals surface area contributed by atoms with Gasteiger partial charge in [0.25, 0.3) is 0 Å². The lowest BCUT2D eigenvalue weighted by Crippen LogP contribution is -2.35. The van der Waals surface area contributed by atoms with E-state index in [0.717, 1.165) is 0 Å². The van der Waals surface area contributed by atoms with E-state index in [1.807, 2.05) is 0 Å². The Bertz CT molecular complexity index is 609. The minimum atomic E-state index is -0.450. The number of nitrogens with two attached hydrogens (primary N) is 1. The molecule has 0 radical (unpaired) electrons. The molecular formula is C18H23N. The Kier molecular flexibility index (Phi) is 3.51. The molecule has 1 nitrogen and oxygen atoms in total. The van der Waals surface area contributed by atoms with Crippen molar-refractivity contribution in [2.75, 3.05) is 0 Å². The zero-order valence-electron chi connectivity index (χ0n) is 12.5. The highest BCUT2D eigenvalue weighted by molar-refractivity contribution is 5.45. The molecule has 2 aromatic carbocycles. The van der Waals surface area contributed by atoms with E-state index >= 15 is 0 Å². The van der Waals surface area contributed by atoms with Crippen molar-refractivity contribution in [1.29, 1.82) is 0 Å². The highest BCUT2D eigenvalue weighted by Gasteiger charge is 2.25. The summed E-state index contributed by atoms with van der Waals surface area (Å²) < 4.78 is 0. The Labute approximate surface area is 116 Å². The van der Waals surface area contributed by atoms with Crippen LogP contribution in [0.1, 0.15) is 40.3 Å². The van der Waals surface area contributed by atoms with E-state index in [1.54, 1.807) is 0 Å². The summed E-state index contributed by atoms with van der Waals surface area (Å²) in [6.45, 7) is 10.6. The number of aryl methyl sites for hydroxylation is 4. The summed E-state index contributed by atoms with van der Waals surface area (Å²) in [5.74, 6) is 0. The largest absolute Gasteiger partial charge is 0.318 e. The van der Waals surface area contributed by atoms with Crippen LogP contribution in [0.5, 0.6) is 0 Å². The topological polar surface area (TPSA) is 26.0 Å². The van der Waals surface area contributed by atoms with E-state index in [0.29, 0.717) is 0 Å². The summed E-state index contributed by atoms with van der Waals surface area (Å²) in [4.78, 5) is 0. The van der Waals surface area contributed by atoms with Gasteiger partial charge in [0, 0.05) is 0 Å². The summed E-state index contributed by atoms with van der Waals surface area (Å²) in [6.07, 6.45) is 0. The highest BCUT2D eigenvalue weighted by atomic mass is 14.7. The lowest BCUT2D eigenvalue weighted by atomic mass is 9.81. The highest BCUT2D eigenvalue weighted by Crippen LogP contribution is 2.30. The summed E-state index contributed by atoms with van der Waals surface area (Å²) in [7, 11) is 0. The number of benzene rings is 2. The van der Waals surface area contributed by atoms with Crippen molar-refractivity contribution in [3.8, 4) is 0 Å². The lowest BCUT2D eigenvalue weighted by Gasteiger charge is -2.29. The Morgan fingerprint density at radius 1 is 0.789 bits per heavy atom. The summed E-state index contributed by atoms with van der Waals surface area (Å²) in [6, 6.07) is 13.0. The molecule has 0 fully saturated rings. The van der Waals surface area contributed by atoms with Gasteiger partial charge in [-0.1, -0.05) is 42.0 Å². The van der Waals surface area contributed by atoms with E-state index < -0.39 is 5.54 Å². The van der Waals surface area contributed by atoms with Gasteiger partial charge in [0.1, 0.15) is 0 Å². The third-order valence-corrected chi connectivity index (χ3v) is 4.06. The van der Waals surface area contributed by atoms with Crippen molar-refractivity contribution in [3.05, 3.63) is 69.8 Å². The van der Waals surface area contributed by atoms with Crippen molar-refractivity contribution in [2.24, 2.45) is 5.73 Å². The Morgan fingerprint density at radius 3 is 2.05 bits per heavy atom. The third kappa shape index (κ3) is 2.57. The SMILES string of the molecule is Cc1ccc(C)c(C(C)(N)c2ccc(C)c(C)c2)c1. The van der Waals surface area contributed by atoms with Gasteiger partial charge in [0.15, 0.2) is 0 Å². The molecule has 2 rings (SSSR count). The zero-order valence-corrected chi connectivity index (χ0v) is 12.5. The summed E-state index contributed by atoms with van der Waals surface area (Å²) in [5, 5.41) is 0. The fourth-order valence-corrected chi connectivity index (χ4v) is 2.52. The maximum atomic E-state index is 6.65. The minimum Gasteiger partial charge on any atom is -0.318 e. The molecule has 0 heterocycles. The monoisotopic (exact) mass is 253 g/mol. The van der Waals surface area contributed by atoms with Crippen molar-refractivity contribution < 1.29 is 0 Å². The van der Waals surface area contributed by atoms with E-state index in [2.05, 4.69) is 71.0 Å². The molecule has 2 N–H and O–H groups in total. The average molecular weight is 253 g/mol. The van der Waals surface area contributed by atoms with Crippen LogP contribution >= 0.6 is 0 Å². The van der Waals surface area contributed by atoms with Gasteiger partial charge in [-0.05, 0) is 62.4 Å². The molecule has 19 heavy (non-hydrogen) atoms. The van der Waals surface area contributed by atoms with Crippen LogP contribution in [0.4, 0.5) is 0 Å². The predicted molar refractivity (Wildman–Crippen MR) is 82.5 cm³/mol. The van der Waals surface area contributed by atoms with Crippen LogP contribution in [0, 0.1) is 27.7 Å². The summed E-state index contributed by atoms with van der Waals surface area (Å²) >= 11 is 0. The molecule has 100 valence electrons. The van der Waals surface area contributed by atoms with Gasteiger partial charge in [-0.2, -0.15) is 0 Å². The predicted octanol–water partition coefficient (Wildman–Crippen LogP) is 4.14. The van der Waals surface area contributed by atoms with Crippen LogP contribution in [-0.4, -0.2) is 0 Å². The van der Waals surface area contributed by atoms with E-state index in [-0.39, 0.29) is 0 Å². The molecule has 0 aliphatic carbocycles. The van der Waals surface area contributed by atoms with E-state index in [9.17, 15) is 0 Å².